The first-order valence-corrected chi connectivity index (χ1v) is 12.9. The number of hydrogen-bond donors (Lipinski definition) is 1. The Morgan fingerprint density at radius 3 is 2.72 bits per heavy atom. The van der Waals surface area contributed by atoms with Gasteiger partial charge in [0.2, 0.25) is 5.91 Å². The number of carbonyl (C=O) groups excluding carboxylic acids is 1. The number of benzene rings is 2. The zero-order valence-corrected chi connectivity index (χ0v) is 20.7. The molecule has 36 heavy (non-hydrogen) atoms. The largest absolute Gasteiger partial charge is 0.506 e. The van der Waals surface area contributed by atoms with Crippen molar-refractivity contribution in [1.82, 2.24) is 14.5 Å². The molecule has 2 aromatic carbocycles. The zero-order chi connectivity index (χ0) is 24.6. The molecular formula is C29H32N4O3. The number of phenols is 1. The molecule has 6 rings (SSSR count). The summed E-state index contributed by atoms with van der Waals surface area (Å²) >= 11 is 0. The maximum atomic E-state index is 13.6. The highest BCUT2D eigenvalue weighted by molar-refractivity contribution is 5.99. The van der Waals surface area contributed by atoms with Crippen molar-refractivity contribution in [1.29, 1.82) is 0 Å². The number of aryl methyl sites for hydroxylation is 2. The van der Waals surface area contributed by atoms with Crippen molar-refractivity contribution in [3.8, 4) is 11.4 Å². The minimum Gasteiger partial charge on any atom is -0.506 e. The molecule has 0 radical (unpaired) electrons. The van der Waals surface area contributed by atoms with E-state index < -0.39 is 0 Å². The van der Waals surface area contributed by atoms with E-state index >= 15 is 0 Å². The van der Waals surface area contributed by atoms with Crippen LogP contribution in [0.4, 0.5) is 5.69 Å². The van der Waals surface area contributed by atoms with E-state index in [0.29, 0.717) is 5.69 Å². The Morgan fingerprint density at radius 2 is 1.94 bits per heavy atom. The fraction of sp³-hybridized carbons (Fsp3) is 0.379. The van der Waals surface area contributed by atoms with Crippen LogP contribution in [-0.2, 0) is 16.0 Å². The number of anilines is 1. The van der Waals surface area contributed by atoms with Crippen molar-refractivity contribution < 1.29 is 14.6 Å². The lowest BCUT2D eigenvalue weighted by atomic mass is 9.97. The number of amides is 1. The van der Waals surface area contributed by atoms with Crippen molar-refractivity contribution in [2.24, 2.45) is 0 Å². The van der Waals surface area contributed by atoms with Gasteiger partial charge in [0.1, 0.15) is 5.75 Å². The third kappa shape index (κ3) is 4.28. The highest BCUT2D eigenvalue weighted by Gasteiger charge is 2.34. The standard InChI is InChI=1S/C29H32N4O3/c1-20-18-32(19-30-20)27-8-4-21(16-28(27)34)15-23-3-2-10-33(29(23)35)26-9-5-22-17-24(6-7-25(22)26)31-11-13-36-14-12-31/h4,6-8,15-19,26,34H,2-3,5,9-14H2,1H3/b23-15+. The molecule has 3 aliphatic rings. The number of aromatic hydroxyl groups is 1. The van der Waals surface area contributed by atoms with Crippen LogP contribution < -0.4 is 4.90 Å². The summed E-state index contributed by atoms with van der Waals surface area (Å²) in [5.74, 6) is 0.285. The molecule has 0 spiro atoms. The van der Waals surface area contributed by atoms with Crippen LogP contribution in [0.2, 0.25) is 0 Å². The number of likely N-dealkylation sites (tertiary alicyclic amines) is 1. The van der Waals surface area contributed by atoms with E-state index in [9.17, 15) is 9.90 Å². The third-order valence-electron chi connectivity index (χ3n) is 7.64. The molecule has 2 saturated heterocycles. The average Bonchev–Trinajstić information content (AvgIpc) is 3.52. The number of fused-ring (bicyclic) bond motifs is 1. The Labute approximate surface area is 211 Å². The molecule has 1 N–H and O–H groups in total. The van der Waals surface area contributed by atoms with E-state index in [1.54, 1.807) is 17.0 Å². The number of imidazole rings is 1. The predicted molar refractivity (Wildman–Crippen MR) is 139 cm³/mol. The van der Waals surface area contributed by atoms with Crippen molar-refractivity contribution in [2.45, 2.75) is 38.6 Å². The molecule has 1 unspecified atom stereocenters. The van der Waals surface area contributed by atoms with E-state index in [4.69, 9.17) is 4.74 Å². The van der Waals surface area contributed by atoms with Crippen LogP contribution >= 0.6 is 0 Å². The summed E-state index contributed by atoms with van der Waals surface area (Å²) in [6.45, 7) is 6.12. The van der Waals surface area contributed by atoms with Gasteiger partial charge in [-0.1, -0.05) is 12.1 Å². The summed E-state index contributed by atoms with van der Waals surface area (Å²) < 4.78 is 7.30. The minimum absolute atomic E-state index is 0.116. The predicted octanol–water partition coefficient (Wildman–Crippen LogP) is 4.42. The van der Waals surface area contributed by atoms with Crippen LogP contribution in [0.3, 0.4) is 0 Å². The number of ether oxygens (including phenoxy) is 1. The first-order valence-electron chi connectivity index (χ1n) is 12.9. The number of hydrogen-bond acceptors (Lipinski definition) is 5. The van der Waals surface area contributed by atoms with Gasteiger partial charge in [0.15, 0.2) is 0 Å². The highest BCUT2D eigenvalue weighted by atomic mass is 16.5. The molecule has 7 nitrogen and oxygen atoms in total. The number of aromatic nitrogens is 2. The lowest BCUT2D eigenvalue weighted by Crippen LogP contribution is -2.39. The molecule has 1 amide bonds. The van der Waals surface area contributed by atoms with E-state index in [1.807, 2.05) is 31.3 Å². The molecule has 3 heterocycles. The van der Waals surface area contributed by atoms with E-state index in [1.165, 1.54) is 16.8 Å². The van der Waals surface area contributed by atoms with Gasteiger partial charge in [-0.25, -0.2) is 4.98 Å². The van der Waals surface area contributed by atoms with Crippen LogP contribution in [0.25, 0.3) is 11.8 Å². The topological polar surface area (TPSA) is 70.8 Å². The van der Waals surface area contributed by atoms with Crippen LogP contribution in [0.15, 0.2) is 54.5 Å². The number of morpholine rings is 1. The maximum absolute atomic E-state index is 13.6. The quantitative estimate of drug-likeness (QED) is 0.556. The van der Waals surface area contributed by atoms with Gasteiger partial charge in [-0.05, 0) is 79.6 Å². The smallest absolute Gasteiger partial charge is 0.250 e. The Balaban J connectivity index is 1.21. The van der Waals surface area contributed by atoms with Gasteiger partial charge >= 0.3 is 0 Å². The zero-order valence-electron chi connectivity index (χ0n) is 20.7. The second-order valence-corrected chi connectivity index (χ2v) is 9.98. The number of nitrogens with zero attached hydrogens (tertiary/aromatic N) is 4. The molecule has 2 aliphatic heterocycles. The van der Waals surface area contributed by atoms with E-state index in [2.05, 4.69) is 33.0 Å². The molecule has 3 aromatic rings. The van der Waals surface area contributed by atoms with Crippen LogP contribution in [0.1, 0.15) is 47.7 Å². The first kappa shape index (κ1) is 22.9. The summed E-state index contributed by atoms with van der Waals surface area (Å²) in [6.07, 6.45) is 9.19. The second kappa shape index (κ2) is 9.47. The average molecular weight is 485 g/mol. The van der Waals surface area contributed by atoms with Gasteiger partial charge in [0.05, 0.1) is 37.0 Å². The van der Waals surface area contributed by atoms with Gasteiger partial charge in [-0.15, -0.1) is 0 Å². The second-order valence-electron chi connectivity index (χ2n) is 9.98. The first-order chi connectivity index (χ1) is 17.6. The maximum Gasteiger partial charge on any atom is 0.250 e. The molecule has 1 atom stereocenters. The minimum atomic E-state index is 0.116. The molecule has 0 saturated carbocycles. The van der Waals surface area contributed by atoms with Crippen LogP contribution in [0.5, 0.6) is 5.75 Å². The summed E-state index contributed by atoms with van der Waals surface area (Å²) in [6, 6.07) is 12.4. The Kier molecular flexibility index (Phi) is 6.01. The molecule has 1 aliphatic carbocycles. The van der Waals surface area contributed by atoms with Gasteiger partial charge in [-0.2, -0.15) is 0 Å². The highest BCUT2D eigenvalue weighted by Crippen LogP contribution is 2.40. The normalized spacial score (nSPS) is 21.3. The van der Waals surface area contributed by atoms with Crippen molar-refractivity contribution >= 4 is 17.7 Å². The Morgan fingerprint density at radius 1 is 1.08 bits per heavy atom. The SMILES string of the molecule is Cc1cn(-c2ccc(/C=C3\CCCN(C4CCc5cc(N6CCOCC6)ccc54)C3=O)cc2O)cn1. The fourth-order valence-electron chi connectivity index (χ4n) is 5.79. The molecule has 7 heteroatoms. The number of rotatable bonds is 4. The van der Waals surface area contributed by atoms with Crippen LogP contribution in [-0.4, -0.2) is 58.3 Å². The van der Waals surface area contributed by atoms with Gasteiger partial charge in [0.25, 0.3) is 0 Å². The fourth-order valence-corrected chi connectivity index (χ4v) is 5.79. The van der Waals surface area contributed by atoms with Gasteiger partial charge in [0, 0.05) is 37.1 Å². The van der Waals surface area contributed by atoms with Gasteiger partial charge in [-0.3, -0.25) is 4.79 Å². The Bertz CT molecular complexity index is 1320. The molecule has 186 valence electrons. The summed E-state index contributed by atoms with van der Waals surface area (Å²) in [5.41, 5.74) is 7.12. The Hall–Kier alpha value is -3.58. The third-order valence-corrected chi connectivity index (χ3v) is 7.64. The van der Waals surface area contributed by atoms with Crippen molar-refractivity contribution in [2.75, 3.05) is 37.7 Å². The van der Waals surface area contributed by atoms with E-state index in [0.717, 1.165) is 75.4 Å². The van der Waals surface area contributed by atoms with Crippen molar-refractivity contribution in [3.63, 3.8) is 0 Å². The molecular weight excluding hydrogens is 452 g/mol. The van der Waals surface area contributed by atoms with E-state index in [-0.39, 0.29) is 17.7 Å². The molecule has 1 aromatic heterocycles. The van der Waals surface area contributed by atoms with Crippen molar-refractivity contribution in [3.05, 3.63) is 76.9 Å². The van der Waals surface area contributed by atoms with Gasteiger partial charge < -0.3 is 24.2 Å². The number of phenolic OH excluding ortho intramolecular Hbond substituents is 1. The number of carbonyl (C=O) groups is 1. The summed E-state index contributed by atoms with van der Waals surface area (Å²) in [5, 5.41) is 10.6. The molecule has 2 fully saturated rings. The summed E-state index contributed by atoms with van der Waals surface area (Å²) in [7, 11) is 0. The summed E-state index contributed by atoms with van der Waals surface area (Å²) in [4.78, 5) is 22.3. The lowest BCUT2D eigenvalue weighted by molar-refractivity contribution is -0.131. The molecule has 0 bridgehead atoms. The monoisotopic (exact) mass is 484 g/mol. The lowest BCUT2D eigenvalue weighted by Gasteiger charge is -2.34. The number of piperidine rings is 1. The van der Waals surface area contributed by atoms with Crippen LogP contribution in [0, 0.1) is 6.92 Å².